The van der Waals surface area contributed by atoms with Gasteiger partial charge in [0.2, 0.25) is 0 Å². The third-order valence-electron chi connectivity index (χ3n) is 8.15. The Hall–Kier alpha value is -0.950. The van der Waals surface area contributed by atoms with Crippen molar-refractivity contribution in [2.24, 2.45) is 17.8 Å². The van der Waals surface area contributed by atoms with Crippen LogP contribution in [0.2, 0.25) is 0 Å². The molecule has 2 bridgehead atoms. The Morgan fingerprint density at radius 3 is 2.12 bits per heavy atom. The van der Waals surface area contributed by atoms with Gasteiger partial charge in [-0.25, -0.2) is 12.8 Å². The molecule has 6 atom stereocenters. The molecule has 6 unspecified atom stereocenters. The van der Waals surface area contributed by atoms with Gasteiger partial charge in [-0.15, -0.1) is 0 Å². The molecule has 190 valence electrons. The van der Waals surface area contributed by atoms with Gasteiger partial charge in [-0.05, 0) is 32.1 Å². The van der Waals surface area contributed by atoms with Crippen molar-refractivity contribution < 1.29 is 50.6 Å². The predicted molar refractivity (Wildman–Crippen MR) is 106 cm³/mol. The Balaban J connectivity index is 1.44. The number of ether oxygens (including phenoxy) is 2. The molecule has 8 nitrogen and oxygen atoms in total. The van der Waals surface area contributed by atoms with E-state index in [9.17, 15) is 41.1 Å². The van der Waals surface area contributed by atoms with Gasteiger partial charge in [0.05, 0.1) is 35.9 Å². The molecule has 0 spiro atoms. The lowest BCUT2D eigenvalue weighted by Crippen LogP contribution is -2.56. The number of aliphatic hydroxyl groups is 2. The number of hydrogen-bond acceptors (Lipinski definition) is 8. The van der Waals surface area contributed by atoms with Gasteiger partial charge in [0.25, 0.3) is 0 Å². The Morgan fingerprint density at radius 2 is 1.61 bits per heavy atom. The maximum Gasteiger partial charge on any atom is 0.364 e. The summed E-state index contributed by atoms with van der Waals surface area (Å²) in [6.45, 7) is -0.832. The fourth-order valence-electron chi connectivity index (χ4n) is 6.62. The minimum Gasteiger partial charge on any atom is -0.743 e. The molecule has 4 aliphatic rings. The third-order valence-corrected chi connectivity index (χ3v) is 9.07. The van der Waals surface area contributed by atoms with Crippen molar-refractivity contribution >= 4 is 16.1 Å². The average molecular weight is 500 g/mol. The molecule has 0 amide bonds. The van der Waals surface area contributed by atoms with E-state index < -0.39 is 75.8 Å². The van der Waals surface area contributed by atoms with Crippen LogP contribution in [0.3, 0.4) is 0 Å². The van der Waals surface area contributed by atoms with Gasteiger partial charge in [0.1, 0.15) is 0 Å². The summed E-state index contributed by atoms with van der Waals surface area (Å²) >= 11 is 0. The van der Waals surface area contributed by atoms with E-state index in [2.05, 4.69) is 0 Å². The van der Waals surface area contributed by atoms with Crippen LogP contribution in [0.5, 0.6) is 0 Å². The molecule has 2 N–H and O–H groups in total. The number of alkyl halides is 3. The smallest absolute Gasteiger partial charge is 0.364 e. The lowest BCUT2D eigenvalue weighted by molar-refractivity contribution is -0.158. The molecule has 0 radical (unpaired) electrons. The first-order valence-electron chi connectivity index (χ1n) is 11.5. The summed E-state index contributed by atoms with van der Waals surface area (Å²) in [7, 11) is -6.19. The quantitative estimate of drug-likeness (QED) is 0.383. The van der Waals surface area contributed by atoms with Gasteiger partial charge in [-0.2, -0.15) is 8.78 Å². The number of carbonyl (C=O) groups excluding carboxylic acids is 1. The van der Waals surface area contributed by atoms with E-state index in [0.717, 1.165) is 25.7 Å². The molecule has 2 aliphatic heterocycles. The largest absolute Gasteiger partial charge is 0.743 e. The molecule has 12 heteroatoms. The number of fused-ring (bicyclic) bond motifs is 2. The summed E-state index contributed by atoms with van der Waals surface area (Å²) in [5.74, 6) is -2.43. The fourth-order valence-corrected chi connectivity index (χ4v) is 7.06. The van der Waals surface area contributed by atoms with Crippen LogP contribution in [-0.4, -0.2) is 70.6 Å². The van der Waals surface area contributed by atoms with Gasteiger partial charge in [0, 0.05) is 18.3 Å². The Bertz CT molecular complexity index is 854. The minimum absolute atomic E-state index is 0.229. The highest BCUT2D eigenvalue weighted by atomic mass is 32.2. The molecule has 2 aliphatic carbocycles. The van der Waals surface area contributed by atoms with Crippen molar-refractivity contribution in [1.82, 2.24) is 0 Å². The van der Waals surface area contributed by atoms with Crippen LogP contribution in [0.15, 0.2) is 0 Å². The van der Waals surface area contributed by atoms with Crippen LogP contribution in [0.4, 0.5) is 13.2 Å². The average Bonchev–Trinajstić information content (AvgIpc) is 3.50. The van der Waals surface area contributed by atoms with Gasteiger partial charge in [0.15, 0.2) is 16.3 Å². The maximum absolute atomic E-state index is 13.6. The van der Waals surface area contributed by atoms with Gasteiger partial charge >= 0.3 is 11.2 Å². The molecule has 0 aromatic rings. The Labute approximate surface area is 190 Å². The standard InChI is InChI=1S/C21H31F3O8S/c22-14(21(23,24)33(28,29)30)5-10-31-18(25)12-11-13-15(19(26)6-1-2-7-19)16(17(12)32-13)20(27)8-3-4-9-20/h12-17,26-27H,1-11H2,(H,28,29,30)/p-1. The van der Waals surface area contributed by atoms with Gasteiger partial charge < -0.3 is 24.2 Å². The van der Waals surface area contributed by atoms with Crippen molar-refractivity contribution in [3.8, 4) is 0 Å². The lowest BCUT2D eigenvalue weighted by atomic mass is 9.60. The molecule has 2 heterocycles. The molecular formula is C21H30F3O8S-. The molecule has 2 saturated carbocycles. The van der Waals surface area contributed by atoms with Crippen molar-refractivity contribution in [1.29, 1.82) is 0 Å². The van der Waals surface area contributed by atoms with E-state index >= 15 is 0 Å². The summed E-state index contributed by atoms with van der Waals surface area (Å²) in [5.41, 5.74) is -2.07. The van der Waals surface area contributed by atoms with Gasteiger partial charge in [-0.1, -0.05) is 25.7 Å². The summed E-state index contributed by atoms with van der Waals surface area (Å²) in [6, 6.07) is 0. The lowest BCUT2D eigenvalue weighted by Gasteiger charge is -2.46. The van der Waals surface area contributed by atoms with Gasteiger partial charge in [-0.3, -0.25) is 4.79 Å². The fraction of sp³-hybridized carbons (Fsp3) is 0.952. The normalized spacial score (nSPS) is 36.2. The van der Waals surface area contributed by atoms with Crippen LogP contribution in [0.25, 0.3) is 0 Å². The number of hydrogen-bond donors (Lipinski definition) is 2. The van der Waals surface area contributed by atoms with E-state index in [1.165, 1.54) is 0 Å². The van der Waals surface area contributed by atoms with E-state index in [0.29, 0.717) is 25.7 Å². The zero-order chi connectivity index (χ0) is 24.2. The predicted octanol–water partition coefficient (Wildman–Crippen LogP) is 2.03. The molecular weight excluding hydrogens is 469 g/mol. The van der Waals surface area contributed by atoms with Crippen molar-refractivity contribution in [3.63, 3.8) is 0 Å². The second-order valence-corrected chi connectivity index (χ2v) is 11.5. The topological polar surface area (TPSA) is 133 Å². The molecule has 0 aromatic heterocycles. The first-order valence-corrected chi connectivity index (χ1v) is 13.0. The highest BCUT2D eigenvalue weighted by Crippen LogP contribution is 2.59. The highest BCUT2D eigenvalue weighted by molar-refractivity contribution is 7.86. The summed E-state index contributed by atoms with van der Waals surface area (Å²) in [6.07, 6.45) is 0.215. The first kappa shape index (κ1) is 25.2. The second kappa shape index (κ2) is 8.61. The van der Waals surface area contributed by atoms with E-state index in [-0.39, 0.29) is 12.3 Å². The van der Waals surface area contributed by atoms with Crippen molar-refractivity contribution in [2.75, 3.05) is 6.61 Å². The third kappa shape index (κ3) is 4.30. The minimum atomic E-state index is -6.19. The summed E-state index contributed by atoms with van der Waals surface area (Å²) < 4.78 is 82.8. The van der Waals surface area contributed by atoms with Crippen LogP contribution >= 0.6 is 0 Å². The second-order valence-electron chi connectivity index (χ2n) is 10.1. The van der Waals surface area contributed by atoms with Crippen LogP contribution in [-0.2, 0) is 24.4 Å². The zero-order valence-corrected chi connectivity index (χ0v) is 18.9. The van der Waals surface area contributed by atoms with Crippen LogP contribution in [0.1, 0.15) is 64.2 Å². The van der Waals surface area contributed by atoms with E-state index in [1.807, 2.05) is 0 Å². The number of rotatable bonds is 8. The number of esters is 1. The number of carbonyl (C=O) groups is 1. The van der Waals surface area contributed by atoms with Crippen molar-refractivity contribution in [2.45, 2.75) is 99.0 Å². The number of halogens is 3. The van der Waals surface area contributed by atoms with Crippen LogP contribution < -0.4 is 0 Å². The van der Waals surface area contributed by atoms with E-state index in [4.69, 9.17) is 9.47 Å². The summed E-state index contributed by atoms with van der Waals surface area (Å²) in [4.78, 5) is 12.7. The molecule has 2 saturated heterocycles. The molecule has 33 heavy (non-hydrogen) atoms. The highest BCUT2D eigenvalue weighted by Gasteiger charge is 2.67. The zero-order valence-electron chi connectivity index (χ0n) is 18.1. The Kier molecular flexibility index (Phi) is 6.57. The van der Waals surface area contributed by atoms with Crippen LogP contribution in [0, 0.1) is 17.8 Å². The maximum atomic E-state index is 13.6. The molecule has 4 fully saturated rings. The molecule has 0 aromatic carbocycles. The summed E-state index contributed by atoms with van der Waals surface area (Å²) in [5, 5.41) is 17.6. The van der Waals surface area contributed by atoms with Crippen molar-refractivity contribution in [3.05, 3.63) is 0 Å². The monoisotopic (exact) mass is 499 g/mol. The van der Waals surface area contributed by atoms with E-state index in [1.54, 1.807) is 0 Å². The molecule has 4 rings (SSSR count). The SMILES string of the molecule is O=C(OCCC(F)C(F)(F)S(=O)(=O)[O-])C1CC2OC1C(C1(O)CCCC1)C2C1(O)CCCC1. The first-order chi connectivity index (χ1) is 15.3. The Morgan fingerprint density at radius 1 is 1.09 bits per heavy atom.